The highest BCUT2D eigenvalue weighted by Gasteiger charge is 2.23. The lowest BCUT2D eigenvalue weighted by Crippen LogP contribution is -2.02. The number of alkyl halides is 1. The second kappa shape index (κ2) is 7.18. The lowest BCUT2D eigenvalue weighted by atomic mass is 10.0. The molecule has 0 aliphatic carbocycles. The molecule has 0 aliphatic heterocycles. The summed E-state index contributed by atoms with van der Waals surface area (Å²) in [4.78, 5) is -0.115. The van der Waals surface area contributed by atoms with Crippen LogP contribution in [-0.4, -0.2) is 21.3 Å². The first kappa shape index (κ1) is 16.2. The van der Waals surface area contributed by atoms with E-state index in [1.54, 1.807) is 21.3 Å². The zero-order valence-electron chi connectivity index (χ0n) is 12.0. The van der Waals surface area contributed by atoms with Gasteiger partial charge >= 0.3 is 0 Å². The van der Waals surface area contributed by atoms with Gasteiger partial charge in [0.2, 0.25) is 0 Å². The van der Waals surface area contributed by atoms with E-state index in [9.17, 15) is 0 Å². The van der Waals surface area contributed by atoms with Crippen molar-refractivity contribution >= 4 is 31.9 Å². The fraction of sp³-hybridized carbons (Fsp3) is 0.250. The van der Waals surface area contributed by atoms with Crippen LogP contribution < -0.4 is 14.2 Å². The van der Waals surface area contributed by atoms with Crippen molar-refractivity contribution in [2.45, 2.75) is 4.83 Å². The molecule has 0 amide bonds. The highest BCUT2D eigenvalue weighted by atomic mass is 79.9. The molecule has 5 heteroatoms. The van der Waals surface area contributed by atoms with Gasteiger partial charge < -0.3 is 14.2 Å². The quantitative estimate of drug-likeness (QED) is 0.646. The van der Waals surface area contributed by atoms with Gasteiger partial charge in [-0.3, -0.25) is 0 Å². The van der Waals surface area contributed by atoms with Crippen molar-refractivity contribution in [3.8, 4) is 17.2 Å². The van der Waals surface area contributed by atoms with Crippen molar-refractivity contribution < 1.29 is 14.2 Å². The molecule has 1 unspecified atom stereocenters. The molecular weight excluding hydrogens is 400 g/mol. The number of rotatable bonds is 5. The van der Waals surface area contributed by atoms with Crippen LogP contribution in [0.1, 0.15) is 16.0 Å². The maximum atomic E-state index is 5.47. The summed E-state index contributed by atoms with van der Waals surface area (Å²) < 4.78 is 17.4. The Labute approximate surface area is 141 Å². The monoisotopic (exact) mass is 414 g/mol. The van der Waals surface area contributed by atoms with Gasteiger partial charge in [0.25, 0.3) is 0 Å². The number of halogens is 2. The molecule has 0 saturated carbocycles. The van der Waals surface area contributed by atoms with Crippen molar-refractivity contribution in [2.75, 3.05) is 21.3 Å². The normalized spacial score (nSPS) is 11.9. The summed E-state index contributed by atoms with van der Waals surface area (Å²) in [5.41, 5.74) is 1.92. The predicted molar refractivity (Wildman–Crippen MR) is 91.0 cm³/mol. The van der Waals surface area contributed by atoms with E-state index in [4.69, 9.17) is 14.2 Å². The molecule has 0 radical (unpaired) electrons. The summed E-state index contributed by atoms with van der Waals surface area (Å²) >= 11 is 7.24. The van der Waals surface area contributed by atoms with Crippen LogP contribution in [0.2, 0.25) is 0 Å². The Bertz CT molecular complexity index is 607. The van der Waals surface area contributed by atoms with Crippen LogP contribution in [-0.2, 0) is 0 Å². The van der Waals surface area contributed by atoms with Gasteiger partial charge in [0.05, 0.1) is 31.7 Å². The summed E-state index contributed by atoms with van der Waals surface area (Å²) in [6.07, 6.45) is 0. The highest BCUT2D eigenvalue weighted by Crippen LogP contribution is 2.45. The van der Waals surface area contributed by atoms with Gasteiger partial charge in [-0.25, -0.2) is 0 Å². The summed E-state index contributed by atoms with van der Waals surface area (Å²) in [5, 5.41) is 0. The van der Waals surface area contributed by atoms with E-state index < -0.39 is 0 Å². The van der Waals surface area contributed by atoms with E-state index in [1.165, 1.54) is 0 Å². The molecule has 112 valence electrons. The van der Waals surface area contributed by atoms with Crippen LogP contribution in [0, 0.1) is 0 Å². The van der Waals surface area contributed by atoms with Crippen LogP contribution in [0.15, 0.2) is 40.9 Å². The molecule has 0 bridgehead atoms. The molecule has 1 atom stereocenters. The van der Waals surface area contributed by atoms with Crippen molar-refractivity contribution in [3.05, 3.63) is 52.0 Å². The molecule has 2 aromatic rings. The number of hydrogen-bond acceptors (Lipinski definition) is 3. The zero-order valence-corrected chi connectivity index (χ0v) is 15.2. The predicted octanol–water partition coefficient (Wildman–Crippen LogP) is 4.96. The number of ether oxygens (including phenoxy) is 3. The van der Waals surface area contributed by atoms with E-state index in [2.05, 4.69) is 31.9 Å². The van der Waals surface area contributed by atoms with Crippen LogP contribution in [0.5, 0.6) is 17.2 Å². The number of methoxy groups -OCH3 is 3. The van der Waals surface area contributed by atoms with Crippen molar-refractivity contribution in [2.24, 2.45) is 0 Å². The van der Waals surface area contributed by atoms with Crippen molar-refractivity contribution in [3.63, 3.8) is 0 Å². The van der Waals surface area contributed by atoms with Gasteiger partial charge in [0.1, 0.15) is 17.2 Å². The van der Waals surface area contributed by atoms with E-state index in [1.807, 2.05) is 36.4 Å². The maximum absolute atomic E-state index is 5.47. The van der Waals surface area contributed by atoms with Crippen LogP contribution in [0.3, 0.4) is 0 Å². The summed E-state index contributed by atoms with van der Waals surface area (Å²) in [6, 6.07) is 11.6. The van der Waals surface area contributed by atoms with Gasteiger partial charge in [0.15, 0.2) is 0 Å². The van der Waals surface area contributed by atoms with Gasteiger partial charge in [-0.05, 0) is 30.3 Å². The van der Waals surface area contributed by atoms with Crippen LogP contribution >= 0.6 is 31.9 Å². The molecular formula is C16H16Br2O3. The van der Waals surface area contributed by atoms with Gasteiger partial charge in [-0.2, -0.15) is 0 Å². The topological polar surface area (TPSA) is 27.7 Å². The molecule has 0 aromatic heterocycles. The van der Waals surface area contributed by atoms with Crippen LogP contribution in [0.4, 0.5) is 0 Å². The third-order valence-corrected chi connectivity index (χ3v) is 4.63. The molecule has 0 N–H and O–H groups in total. The second-order valence-electron chi connectivity index (χ2n) is 4.33. The van der Waals surface area contributed by atoms with Gasteiger partial charge in [-0.1, -0.05) is 37.9 Å². The number of benzene rings is 2. The molecule has 3 nitrogen and oxygen atoms in total. The number of hydrogen-bond donors (Lipinski definition) is 0. The summed E-state index contributed by atoms with van der Waals surface area (Å²) in [7, 11) is 4.96. The Morgan fingerprint density at radius 2 is 1.43 bits per heavy atom. The SMILES string of the molecule is COc1ccc(Br)cc1C(Br)c1c(OC)cccc1OC. The third-order valence-electron chi connectivity index (χ3n) is 3.18. The largest absolute Gasteiger partial charge is 0.496 e. The van der Waals surface area contributed by atoms with Crippen LogP contribution in [0.25, 0.3) is 0 Å². The Hall–Kier alpha value is -1.20. The summed E-state index contributed by atoms with van der Waals surface area (Å²) in [5.74, 6) is 2.32. The Balaban J connectivity index is 2.59. The van der Waals surface area contributed by atoms with Crippen molar-refractivity contribution in [1.82, 2.24) is 0 Å². The van der Waals surface area contributed by atoms with E-state index in [0.29, 0.717) is 0 Å². The zero-order chi connectivity index (χ0) is 15.4. The minimum Gasteiger partial charge on any atom is -0.496 e. The molecule has 0 saturated heterocycles. The molecule has 0 aliphatic rings. The molecule has 0 heterocycles. The minimum absolute atomic E-state index is 0.115. The lowest BCUT2D eigenvalue weighted by molar-refractivity contribution is 0.385. The minimum atomic E-state index is -0.115. The van der Waals surface area contributed by atoms with E-state index in [-0.39, 0.29) is 4.83 Å². The van der Waals surface area contributed by atoms with Gasteiger partial charge in [-0.15, -0.1) is 0 Å². The van der Waals surface area contributed by atoms with E-state index >= 15 is 0 Å². The Kier molecular flexibility index (Phi) is 5.53. The highest BCUT2D eigenvalue weighted by molar-refractivity contribution is 9.10. The smallest absolute Gasteiger partial charge is 0.127 e. The van der Waals surface area contributed by atoms with Gasteiger partial charge in [0, 0.05) is 10.0 Å². The first-order valence-corrected chi connectivity index (χ1v) is 8.01. The van der Waals surface area contributed by atoms with E-state index in [0.717, 1.165) is 32.8 Å². The Morgan fingerprint density at radius 3 is 1.95 bits per heavy atom. The fourth-order valence-electron chi connectivity index (χ4n) is 2.19. The molecule has 2 aromatic carbocycles. The third kappa shape index (κ3) is 3.35. The Morgan fingerprint density at radius 1 is 0.857 bits per heavy atom. The lowest BCUT2D eigenvalue weighted by Gasteiger charge is -2.20. The first-order valence-electron chi connectivity index (χ1n) is 6.30. The fourth-order valence-corrected chi connectivity index (χ4v) is 3.38. The molecule has 0 fully saturated rings. The average Bonchev–Trinajstić information content (AvgIpc) is 2.53. The standard InChI is InChI=1S/C16H16Br2O3/c1-19-12-8-7-10(17)9-11(12)16(18)15-13(20-2)5-4-6-14(15)21-3/h4-9,16H,1-3H3. The molecule has 21 heavy (non-hydrogen) atoms. The summed E-state index contributed by atoms with van der Waals surface area (Å²) in [6.45, 7) is 0. The first-order chi connectivity index (χ1) is 10.1. The average molecular weight is 416 g/mol. The molecule has 2 rings (SSSR count). The maximum Gasteiger partial charge on any atom is 0.127 e. The van der Waals surface area contributed by atoms with Crippen molar-refractivity contribution in [1.29, 1.82) is 0 Å². The molecule has 0 spiro atoms. The second-order valence-corrected chi connectivity index (χ2v) is 6.16.